The van der Waals surface area contributed by atoms with E-state index in [1.807, 2.05) is 24.3 Å². The molecule has 0 aromatic heterocycles. The van der Waals surface area contributed by atoms with Crippen LogP contribution in [0.5, 0.6) is 0 Å². The van der Waals surface area contributed by atoms with Gasteiger partial charge in [0, 0.05) is 23.1 Å². The minimum absolute atomic E-state index is 0.0252. The van der Waals surface area contributed by atoms with Gasteiger partial charge in [-0.3, -0.25) is 9.59 Å². The van der Waals surface area contributed by atoms with Crippen LogP contribution in [0.4, 0.5) is 5.69 Å². The SMILES string of the molecule is C=C1C[C@@]2(C(=O)N(C)c3ccc(Br)cc3)C=CC(=O)[C@@H]1C2. The van der Waals surface area contributed by atoms with Gasteiger partial charge in [0.2, 0.25) is 5.91 Å². The van der Waals surface area contributed by atoms with Gasteiger partial charge in [-0.15, -0.1) is 0 Å². The molecule has 21 heavy (non-hydrogen) atoms. The van der Waals surface area contributed by atoms with Crippen molar-refractivity contribution in [3.63, 3.8) is 0 Å². The third kappa shape index (κ3) is 2.27. The summed E-state index contributed by atoms with van der Waals surface area (Å²) in [7, 11) is 1.78. The standard InChI is InChI=1S/C17H16BrNO2/c1-11-9-17(8-7-15(20)14(11)10-17)16(21)19(2)13-5-3-12(18)4-6-13/h3-8,14H,1,9-10H2,2H3/t14-,17+/m1/s1. The first kappa shape index (κ1) is 14.3. The summed E-state index contributed by atoms with van der Waals surface area (Å²) in [6.07, 6.45) is 4.46. The zero-order valence-electron chi connectivity index (χ0n) is 11.8. The molecule has 2 bridgehead atoms. The van der Waals surface area contributed by atoms with Crippen molar-refractivity contribution < 1.29 is 9.59 Å². The van der Waals surface area contributed by atoms with Crippen molar-refractivity contribution >= 4 is 33.3 Å². The predicted octanol–water partition coefficient (Wildman–Crippen LogP) is 3.50. The molecule has 3 nitrogen and oxygen atoms in total. The minimum atomic E-state index is -0.600. The Morgan fingerprint density at radius 3 is 2.71 bits per heavy atom. The third-order valence-electron chi connectivity index (χ3n) is 4.46. The highest BCUT2D eigenvalue weighted by atomic mass is 79.9. The molecule has 1 aromatic carbocycles. The summed E-state index contributed by atoms with van der Waals surface area (Å²) in [5, 5.41) is 0. The Morgan fingerprint density at radius 2 is 2.05 bits per heavy atom. The van der Waals surface area contributed by atoms with Gasteiger partial charge in [0.25, 0.3) is 0 Å². The lowest BCUT2D eigenvalue weighted by Crippen LogP contribution is -2.41. The molecule has 1 aromatic rings. The number of rotatable bonds is 2. The van der Waals surface area contributed by atoms with Crippen molar-refractivity contribution in [1.29, 1.82) is 0 Å². The maximum Gasteiger partial charge on any atom is 0.237 e. The van der Waals surface area contributed by atoms with Crippen LogP contribution in [0.15, 0.2) is 53.0 Å². The topological polar surface area (TPSA) is 37.4 Å². The first-order valence-corrected chi connectivity index (χ1v) is 7.67. The number of anilines is 1. The Bertz CT molecular complexity index is 662. The van der Waals surface area contributed by atoms with Gasteiger partial charge in [0.1, 0.15) is 0 Å². The number of fused-ring (bicyclic) bond motifs is 2. The molecular formula is C17H16BrNO2. The number of nitrogens with zero attached hydrogens (tertiary/aromatic N) is 1. The van der Waals surface area contributed by atoms with E-state index in [1.54, 1.807) is 24.1 Å². The normalized spacial score (nSPS) is 27.0. The highest BCUT2D eigenvalue weighted by molar-refractivity contribution is 9.10. The van der Waals surface area contributed by atoms with Gasteiger partial charge >= 0.3 is 0 Å². The molecule has 0 spiro atoms. The van der Waals surface area contributed by atoms with E-state index in [2.05, 4.69) is 22.5 Å². The molecule has 0 aliphatic heterocycles. The maximum absolute atomic E-state index is 12.9. The second-order valence-corrected chi connectivity index (χ2v) is 6.74. The van der Waals surface area contributed by atoms with Crippen LogP contribution in [0.3, 0.4) is 0 Å². The fraction of sp³-hybridized carbons (Fsp3) is 0.294. The molecule has 2 aliphatic carbocycles. The average molecular weight is 346 g/mol. The first-order valence-electron chi connectivity index (χ1n) is 6.87. The van der Waals surface area contributed by atoms with Crippen LogP contribution in [0.25, 0.3) is 0 Å². The van der Waals surface area contributed by atoms with E-state index in [9.17, 15) is 9.59 Å². The molecule has 1 fully saturated rings. The number of halogens is 1. The highest BCUT2D eigenvalue weighted by Gasteiger charge is 2.50. The summed E-state index contributed by atoms with van der Waals surface area (Å²) in [6, 6.07) is 7.62. The van der Waals surface area contributed by atoms with E-state index in [0.29, 0.717) is 12.8 Å². The Balaban J connectivity index is 1.91. The lowest BCUT2D eigenvalue weighted by Gasteiger charge is -2.31. The van der Waals surface area contributed by atoms with Gasteiger partial charge in [-0.1, -0.05) is 34.2 Å². The van der Waals surface area contributed by atoms with Crippen molar-refractivity contribution in [3.05, 3.63) is 53.0 Å². The number of hydrogen-bond acceptors (Lipinski definition) is 2. The molecule has 0 radical (unpaired) electrons. The third-order valence-corrected chi connectivity index (χ3v) is 4.99. The predicted molar refractivity (Wildman–Crippen MR) is 86.0 cm³/mol. The van der Waals surface area contributed by atoms with Crippen molar-refractivity contribution in [3.8, 4) is 0 Å². The quantitative estimate of drug-likeness (QED) is 0.769. The van der Waals surface area contributed by atoms with Crippen LogP contribution in [0, 0.1) is 11.3 Å². The molecule has 0 heterocycles. The summed E-state index contributed by atoms with van der Waals surface area (Å²) in [5.41, 5.74) is 1.12. The van der Waals surface area contributed by atoms with Gasteiger partial charge in [0.05, 0.1) is 5.41 Å². The van der Waals surface area contributed by atoms with Gasteiger partial charge in [-0.05, 0) is 43.2 Å². The summed E-state index contributed by atoms with van der Waals surface area (Å²) in [5.74, 6) is -0.0817. The molecule has 4 heteroatoms. The van der Waals surface area contributed by atoms with Crippen molar-refractivity contribution in [2.24, 2.45) is 11.3 Å². The van der Waals surface area contributed by atoms with Crippen molar-refractivity contribution in [2.45, 2.75) is 12.8 Å². The molecule has 1 saturated carbocycles. The van der Waals surface area contributed by atoms with Gasteiger partial charge < -0.3 is 4.90 Å². The summed E-state index contributed by atoms with van der Waals surface area (Å²) >= 11 is 3.39. The smallest absolute Gasteiger partial charge is 0.237 e. The molecule has 108 valence electrons. The molecule has 0 unspecified atom stereocenters. The first-order chi connectivity index (χ1) is 9.93. The van der Waals surface area contributed by atoms with Crippen LogP contribution >= 0.6 is 15.9 Å². The van der Waals surface area contributed by atoms with E-state index in [1.165, 1.54) is 0 Å². The minimum Gasteiger partial charge on any atom is -0.315 e. The second-order valence-electron chi connectivity index (χ2n) is 5.82. The van der Waals surface area contributed by atoms with E-state index >= 15 is 0 Å². The molecule has 3 rings (SSSR count). The van der Waals surface area contributed by atoms with E-state index in [4.69, 9.17) is 0 Å². The van der Waals surface area contributed by atoms with Crippen molar-refractivity contribution in [2.75, 3.05) is 11.9 Å². The van der Waals surface area contributed by atoms with Crippen molar-refractivity contribution in [1.82, 2.24) is 0 Å². The van der Waals surface area contributed by atoms with E-state index < -0.39 is 5.41 Å². The Hall–Kier alpha value is -1.68. The van der Waals surface area contributed by atoms with Crippen LogP contribution < -0.4 is 4.90 Å². The highest BCUT2D eigenvalue weighted by Crippen LogP contribution is 2.50. The fourth-order valence-corrected chi connectivity index (χ4v) is 3.51. The zero-order valence-corrected chi connectivity index (χ0v) is 13.4. The Kier molecular flexibility index (Phi) is 3.36. The average Bonchev–Trinajstić information content (AvgIpc) is 2.77. The molecule has 2 aliphatic rings. The van der Waals surface area contributed by atoms with Gasteiger partial charge in [-0.25, -0.2) is 0 Å². The monoisotopic (exact) mass is 345 g/mol. The number of allylic oxidation sites excluding steroid dienone is 2. The van der Waals surface area contributed by atoms with E-state index in [-0.39, 0.29) is 17.6 Å². The number of ketones is 1. The number of amides is 1. The molecule has 2 atom stereocenters. The van der Waals surface area contributed by atoms with Crippen LogP contribution in [-0.2, 0) is 9.59 Å². The Morgan fingerprint density at radius 1 is 1.38 bits per heavy atom. The molecule has 0 N–H and O–H groups in total. The zero-order chi connectivity index (χ0) is 15.2. The van der Waals surface area contributed by atoms with Gasteiger partial charge in [-0.2, -0.15) is 0 Å². The lowest BCUT2D eigenvalue weighted by atomic mass is 9.79. The Labute approximate surface area is 132 Å². The van der Waals surface area contributed by atoms with E-state index in [0.717, 1.165) is 15.7 Å². The molecule has 0 saturated heterocycles. The second kappa shape index (κ2) is 4.95. The maximum atomic E-state index is 12.9. The number of carbonyl (C=O) groups excluding carboxylic acids is 2. The lowest BCUT2D eigenvalue weighted by molar-refractivity contribution is -0.126. The summed E-state index contributed by atoms with van der Waals surface area (Å²) < 4.78 is 0.975. The fourth-order valence-electron chi connectivity index (χ4n) is 3.25. The molecule has 1 amide bonds. The van der Waals surface area contributed by atoms with Crippen LogP contribution in [-0.4, -0.2) is 18.7 Å². The summed E-state index contributed by atoms with van der Waals surface area (Å²) in [6.45, 7) is 3.98. The van der Waals surface area contributed by atoms with Crippen LogP contribution in [0.1, 0.15) is 12.8 Å². The number of hydrogen-bond donors (Lipinski definition) is 0. The number of carbonyl (C=O) groups is 2. The number of benzene rings is 1. The largest absolute Gasteiger partial charge is 0.315 e. The summed E-state index contributed by atoms with van der Waals surface area (Å²) in [4.78, 5) is 26.4. The van der Waals surface area contributed by atoms with Crippen LogP contribution in [0.2, 0.25) is 0 Å². The van der Waals surface area contributed by atoms with Gasteiger partial charge in [0.15, 0.2) is 5.78 Å². The molecular weight excluding hydrogens is 330 g/mol.